The number of hydrogen-bond donors (Lipinski definition) is 1. The Kier molecular flexibility index (Phi) is 5.50. The first-order valence-corrected chi connectivity index (χ1v) is 6.56. The number of nitriles is 1. The number of benzene rings is 1. The lowest BCUT2D eigenvalue weighted by Crippen LogP contribution is -2.35. The Morgan fingerprint density at radius 1 is 1.26 bits per heavy atom. The van der Waals surface area contributed by atoms with Crippen LogP contribution in [0.15, 0.2) is 24.3 Å². The number of nitrogens with zero attached hydrogens (tertiary/aromatic N) is 1. The van der Waals surface area contributed by atoms with Gasteiger partial charge in [0.25, 0.3) is 0 Å². The quantitative estimate of drug-likeness (QED) is 0.846. The zero-order valence-electron chi connectivity index (χ0n) is 11.4. The van der Waals surface area contributed by atoms with E-state index in [0.29, 0.717) is 18.5 Å². The van der Waals surface area contributed by atoms with Gasteiger partial charge >= 0.3 is 0 Å². The molecule has 4 heteroatoms. The van der Waals surface area contributed by atoms with Crippen molar-refractivity contribution in [1.82, 2.24) is 0 Å². The van der Waals surface area contributed by atoms with E-state index in [2.05, 4.69) is 11.4 Å². The van der Waals surface area contributed by atoms with Crippen molar-refractivity contribution in [3.05, 3.63) is 30.1 Å². The summed E-state index contributed by atoms with van der Waals surface area (Å²) in [7, 11) is 0. The normalized spacial score (nSPS) is 10.8. The zero-order valence-corrected chi connectivity index (χ0v) is 11.4. The minimum absolute atomic E-state index is 0.301. The SMILES string of the molecule is CCCC(C#N)(CCC)C(=O)Nc1ccc(F)cc1. The monoisotopic (exact) mass is 262 g/mol. The van der Waals surface area contributed by atoms with Gasteiger partial charge in [-0.25, -0.2) is 4.39 Å². The molecule has 0 spiro atoms. The summed E-state index contributed by atoms with van der Waals surface area (Å²) in [5, 5.41) is 12.1. The number of halogens is 1. The van der Waals surface area contributed by atoms with Crippen LogP contribution in [0.3, 0.4) is 0 Å². The minimum atomic E-state index is -0.988. The first kappa shape index (κ1) is 15.2. The summed E-state index contributed by atoms with van der Waals surface area (Å²) in [5.41, 5.74) is -0.476. The molecule has 0 saturated carbocycles. The van der Waals surface area contributed by atoms with E-state index in [4.69, 9.17) is 0 Å². The molecule has 102 valence electrons. The molecule has 0 heterocycles. The van der Waals surface area contributed by atoms with Crippen molar-refractivity contribution in [2.24, 2.45) is 5.41 Å². The molecule has 0 aromatic heterocycles. The second-order valence-electron chi connectivity index (χ2n) is 4.65. The predicted octanol–water partition coefficient (Wildman–Crippen LogP) is 3.87. The molecule has 1 rings (SSSR count). The van der Waals surface area contributed by atoms with Crippen LogP contribution in [0.25, 0.3) is 0 Å². The number of rotatable bonds is 6. The second-order valence-corrected chi connectivity index (χ2v) is 4.65. The van der Waals surface area contributed by atoms with Gasteiger partial charge in [0.05, 0.1) is 6.07 Å². The van der Waals surface area contributed by atoms with E-state index in [0.717, 1.165) is 12.8 Å². The standard InChI is InChI=1S/C15H19FN2O/c1-3-9-15(11-17,10-4-2)14(19)18-13-7-5-12(16)6-8-13/h5-8H,3-4,9-10H2,1-2H3,(H,18,19). The van der Waals surface area contributed by atoms with Crippen molar-refractivity contribution in [2.45, 2.75) is 39.5 Å². The van der Waals surface area contributed by atoms with Gasteiger partial charge in [-0.05, 0) is 37.1 Å². The zero-order chi connectivity index (χ0) is 14.3. The Hall–Kier alpha value is -1.89. The van der Waals surface area contributed by atoms with E-state index in [1.165, 1.54) is 24.3 Å². The first-order valence-electron chi connectivity index (χ1n) is 6.56. The van der Waals surface area contributed by atoms with Crippen molar-refractivity contribution >= 4 is 11.6 Å². The molecule has 0 atom stereocenters. The van der Waals surface area contributed by atoms with Crippen molar-refractivity contribution < 1.29 is 9.18 Å². The fourth-order valence-electron chi connectivity index (χ4n) is 2.15. The molecule has 0 fully saturated rings. The number of anilines is 1. The van der Waals surface area contributed by atoms with Gasteiger partial charge in [-0.3, -0.25) is 4.79 Å². The average Bonchev–Trinajstić information content (AvgIpc) is 2.41. The molecule has 3 nitrogen and oxygen atoms in total. The fraction of sp³-hybridized carbons (Fsp3) is 0.467. The lowest BCUT2D eigenvalue weighted by Gasteiger charge is -2.24. The van der Waals surface area contributed by atoms with Crippen molar-refractivity contribution in [2.75, 3.05) is 5.32 Å². The van der Waals surface area contributed by atoms with Gasteiger partial charge in [-0.1, -0.05) is 26.7 Å². The van der Waals surface area contributed by atoms with Crippen LogP contribution < -0.4 is 5.32 Å². The molecular weight excluding hydrogens is 243 g/mol. The molecule has 1 aromatic rings. The van der Waals surface area contributed by atoms with E-state index >= 15 is 0 Å². The van der Waals surface area contributed by atoms with Gasteiger partial charge in [0.15, 0.2) is 0 Å². The van der Waals surface area contributed by atoms with Gasteiger partial charge in [-0.2, -0.15) is 5.26 Å². The van der Waals surface area contributed by atoms with Crippen LogP contribution in [0.4, 0.5) is 10.1 Å². The first-order chi connectivity index (χ1) is 9.07. The molecule has 0 saturated heterocycles. The molecule has 19 heavy (non-hydrogen) atoms. The van der Waals surface area contributed by atoms with Crippen LogP contribution in [-0.2, 0) is 4.79 Å². The topological polar surface area (TPSA) is 52.9 Å². The minimum Gasteiger partial charge on any atom is -0.325 e. The Bertz CT molecular complexity index is 456. The summed E-state index contributed by atoms with van der Waals surface area (Å²) >= 11 is 0. The van der Waals surface area contributed by atoms with Crippen LogP contribution in [0.2, 0.25) is 0 Å². The van der Waals surface area contributed by atoms with Crippen LogP contribution in [0, 0.1) is 22.6 Å². The third-order valence-electron chi connectivity index (χ3n) is 3.10. The third kappa shape index (κ3) is 3.78. The van der Waals surface area contributed by atoms with Gasteiger partial charge in [0, 0.05) is 5.69 Å². The molecule has 1 amide bonds. The summed E-state index contributed by atoms with van der Waals surface area (Å²) < 4.78 is 12.8. The van der Waals surface area contributed by atoms with E-state index in [9.17, 15) is 14.4 Å². The highest BCUT2D eigenvalue weighted by Gasteiger charge is 2.36. The summed E-state index contributed by atoms with van der Waals surface area (Å²) in [6.45, 7) is 3.90. The molecule has 0 bridgehead atoms. The average molecular weight is 262 g/mol. The number of carbonyl (C=O) groups excluding carboxylic acids is 1. The third-order valence-corrected chi connectivity index (χ3v) is 3.10. The smallest absolute Gasteiger partial charge is 0.244 e. The molecule has 1 N–H and O–H groups in total. The van der Waals surface area contributed by atoms with Crippen molar-refractivity contribution in [3.8, 4) is 6.07 Å². The van der Waals surface area contributed by atoms with Crippen LogP contribution in [0.1, 0.15) is 39.5 Å². The van der Waals surface area contributed by atoms with Gasteiger partial charge in [0.2, 0.25) is 5.91 Å². The van der Waals surface area contributed by atoms with Gasteiger partial charge < -0.3 is 5.32 Å². The van der Waals surface area contributed by atoms with E-state index in [1.807, 2.05) is 13.8 Å². The van der Waals surface area contributed by atoms with Crippen LogP contribution in [0.5, 0.6) is 0 Å². The second kappa shape index (κ2) is 6.89. The molecule has 0 aliphatic carbocycles. The Morgan fingerprint density at radius 2 is 1.79 bits per heavy atom. The maximum atomic E-state index is 12.8. The Morgan fingerprint density at radius 3 is 2.21 bits per heavy atom. The van der Waals surface area contributed by atoms with E-state index in [-0.39, 0.29) is 11.7 Å². The predicted molar refractivity (Wildman–Crippen MR) is 72.9 cm³/mol. The highest BCUT2D eigenvalue weighted by molar-refractivity contribution is 5.97. The largest absolute Gasteiger partial charge is 0.325 e. The number of carbonyl (C=O) groups is 1. The maximum Gasteiger partial charge on any atom is 0.244 e. The molecule has 1 aromatic carbocycles. The van der Waals surface area contributed by atoms with Crippen LogP contribution >= 0.6 is 0 Å². The van der Waals surface area contributed by atoms with Gasteiger partial charge in [0.1, 0.15) is 11.2 Å². The molecular formula is C15H19FN2O. The number of amides is 1. The van der Waals surface area contributed by atoms with E-state index in [1.54, 1.807) is 0 Å². The van der Waals surface area contributed by atoms with Crippen LogP contribution in [-0.4, -0.2) is 5.91 Å². The molecule has 0 aliphatic heterocycles. The highest BCUT2D eigenvalue weighted by atomic mass is 19.1. The Balaban J connectivity index is 2.88. The Labute approximate surface area is 113 Å². The summed E-state index contributed by atoms with van der Waals surface area (Å²) in [5.74, 6) is -0.656. The summed E-state index contributed by atoms with van der Waals surface area (Å²) in [6, 6.07) is 7.71. The maximum absolute atomic E-state index is 12.8. The molecule has 0 aliphatic rings. The highest BCUT2D eigenvalue weighted by Crippen LogP contribution is 2.30. The molecule has 0 radical (unpaired) electrons. The molecule has 0 unspecified atom stereocenters. The van der Waals surface area contributed by atoms with Crippen molar-refractivity contribution in [3.63, 3.8) is 0 Å². The summed E-state index contributed by atoms with van der Waals surface area (Å²) in [6.07, 6.45) is 2.60. The fourth-order valence-corrected chi connectivity index (χ4v) is 2.15. The number of hydrogen-bond acceptors (Lipinski definition) is 2. The number of nitrogens with one attached hydrogen (secondary N) is 1. The van der Waals surface area contributed by atoms with E-state index < -0.39 is 5.41 Å². The van der Waals surface area contributed by atoms with Gasteiger partial charge in [-0.15, -0.1) is 0 Å². The summed E-state index contributed by atoms with van der Waals surface area (Å²) in [4.78, 5) is 12.3. The van der Waals surface area contributed by atoms with Crippen molar-refractivity contribution in [1.29, 1.82) is 5.26 Å². The lowest BCUT2D eigenvalue weighted by molar-refractivity contribution is -0.123. The lowest BCUT2D eigenvalue weighted by atomic mass is 9.79.